The minimum Gasteiger partial charge on any atom is -0.284 e. The van der Waals surface area contributed by atoms with Gasteiger partial charge >= 0.3 is 5.56 Å². The number of nitrogens with zero attached hydrogens (tertiary/aromatic N) is 2. The summed E-state index contributed by atoms with van der Waals surface area (Å²) in [6, 6.07) is 16.8. The van der Waals surface area contributed by atoms with Crippen molar-refractivity contribution in [1.29, 1.82) is 0 Å². The summed E-state index contributed by atoms with van der Waals surface area (Å²) in [4.78, 5) is 14.4. The average molecular weight is 348 g/mol. The van der Waals surface area contributed by atoms with Gasteiger partial charge in [-0.3, -0.25) is 9.89 Å². The summed E-state index contributed by atoms with van der Waals surface area (Å²) in [6.07, 6.45) is 6.47. The Bertz CT molecular complexity index is 1150. The van der Waals surface area contributed by atoms with Gasteiger partial charge in [0.25, 0.3) is 5.52 Å². The Morgan fingerprint density at radius 2 is 1.88 bits per heavy atom. The molecule has 1 aliphatic rings. The SMILES string of the molecule is CSc1ccc(-n2[nH]c3c4ccccc4c[n+](C4CC4)c3c2=O)cc1. The van der Waals surface area contributed by atoms with Gasteiger partial charge in [0.15, 0.2) is 12.2 Å². The second kappa shape index (κ2) is 5.49. The maximum Gasteiger partial charge on any atom is 0.344 e. The maximum atomic E-state index is 13.2. The first kappa shape index (κ1) is 14.8. The summed E-state index contributed by atoms with van der Waals surface area (Å²) in [7, 11) is 0. The summed E-state index contributed by atoms with van der Waals surface area (Å²) in [6.45, 7) is 0. The van der Waals surface area contributed by atoms with Gasteiger partial charge in [0.2, 0.25) is 0 Å². The molecule has 0 bridgehead atoms. The molecule has 4 nitrogen and oxygen atoms in total. The van der Waals surface area contributed by atoms with Gasteiger partial charge < -0.3 is 0 Å². The van der Waals surface area contributed by atoms with Crippen LogP contribution in [0.1, 0.15) is 18.9 Å². The molecule has 0 saturated heterocycles. The summed E-state index contributed by atoms with van der Waals surface area (Å²) in [5.74, 6) is 0. The van der Waals surface area contributed by atoms with Gasteiger partial charge in [-0.15, -0.1) is 11.8 Å². The highest BCUT2D eigenvalue weighted by molar-refractivity contribution is 7.98. The highest BCUT2D eigenvalue weighted by Crippen LogP contribution is 2.31. The van der Waals surface area contributed by atoms with E-state index in [1.165, 1.54) is 4.90 Å². The smallest absolute Gasteiger partial charge is 0.284 e. The third-order valence-electron chi connectivity index (χ3n) is 4.90. The summed E-state index contributed by atoms with van der Waals surface area (Å²) < 4.78 is 3.84. The Hall–Kier alpha value is -2.53. The van der Waals surface area contributed by atoms with Crippen molar-refractivity contribution in [3.8, 4) is 5.69 Å². The minimum absolute atomic E-state index is 0.0181. The predicted octanol–water partition coefficient (Wildman–Crippen LogP) is 3.82. The van der Waals surface area contributed by atoms with E-state index in [9.17, 15) is 4.79 Å². The van der Waals surface area contributed by atoms with Crippen LogP contribution in [-0.2, 0) is 0 Å². The standard InChI is InChI=1S/C20H17N3OS/c1-25-16-10-8-15(9-11-16)23-20(24)19-18(21-23)17-5-3-2-4-13(17)12-22(19)14-6-7-14/h2-5,8-12,14H,6-7H2,1H3/p+1. The molecular formula is C20H18N3OS+. The normalized spacial score (nSPS) is 14.4. The molecule has 4 aromatic rings. The van der Waals surface area contributed by atoms with Crippen molar-refractivity contribution >= 4 is 33.6 Å². The van der Waals surface area contributed by atoms with Crippen LogP contribution in [-0.4, -0.2) is 16.0 Å². The molecule has 0 unspecified atom stereocenters. The van der Waals surface area contributed by atoms with E-state index < -0.39 is 0 Å². The zero-order valence-corrected chi connectivity index (χ0v) is 14.7. The molecular weight excluding hydrogens is 330 g/mol. The molecule has 1 saturated carbocycles. The van der Waals surface area contributed by atoms with E-state index in [0.717, 1.165) is 40.3 Å². The quantitative estimate of drug-likeness (QED) is 0.452. The topological polar surface area (TPSA) is 41.7 Å². The number of H-pyrrole nitrogens is 1. The van der Waals surface area contributed by atoms with Crippen molar-refractivity contribution in [2.75, 3.05) is 6.26 Å². The fourth-order valence-corrected chi connectivity index (χ4v) is 3.87. The molecule has 0 amide bonds. The van der Waals surface area contributed by atoms with E-state index in [2.05, 4.69) is 34.3 Å². The number of benzene rings is 2. The van der Waals surface area contributed by atoms with Crippen LogP contribution in [0.5, 0.6) is 0 Å². The third kappa shape index (κ3) is 2.30. The number of pyridine rings is 1. The van der Waals surface area contributed by atoms with Gasteiger partial charge in [0, 0.05) is 28.5 Å². The molecule has 0 aliphatic heterocycles. The molecule has 0 spiro atoms. The Balaban J connectivity index is 1.83. The van der Waals surface area contributed by atoms with E-state index in [-0.39, 0.29) is 5.56 Å². The Morgan fingerprint density at radius 3 is 2.60 bits per heavy atom. The molecule has 0 atom stereocenters. The first-order valence-electron chi connectivity index (χ1n) is 8.48. The fraction of sp³-hybridized carbons (Fsp3) is 0.200. The van der Waals surface area contributed by atoms with Crippen LogP contribution in [0.2, 0.25) is 0 Å². The number of aromatic amines is 1. The van der Waals surface area contributed by atoms with Crippen LogP contribution in [0.25, 0.3) is 27.5 Å². The van der Waals surface area contributed by atoms with E-state index in [1.807, 2.05) is 36.4 Å². The number of aromatic nitrogens is 3. The van der Waals surface area contributed by atoms with Crippen LogP contribution in [0.15, 0.2) is 64.4 Å². The molecule has 0 radical (unpaired) electrons. The molecule has 25 heavy (non-hydrogen) atoms. The van der Waals surface area contributed by atoms with E-state index in [1.54, 1.807) is 16.4 Å². The van der Waals surface area contributed by atoms with Crippen LogP contribution in [0.3, 0.4) is 0 Å². The molecule has 1 aliphatic carbocycles. The molecule has 2 aromatic heterocycles. The van der Waals surface area contributed by atoms with Gasteiger partial charge in [-0.05, 0) is 36.6 Å². The minimum atomic E-state index is 0.0181. The molecule has 5 heteroatoms. The average Bonchev–Trinajstić information content (AvgIpc) is 3.45. The van der Waals surface area contributed by atoms with E-state index in [4.69, 9.17) is 0 Å². The number of thioether (sulfide) groups is 1. The van der Waals surface area contributed by atoms with E-state index >= 15 is 0 Å². The van der Waals surface area contributed by atoms with Crippen LogP contribution in [0, 0.1) is 0 Å². The lowest BCUT2D eigenvalue weighted by atomic mass is 10.1. The monoisotopic (exact) mass is 348 g/mol. The Morgan fingerprint density at radius 1 is 1.12 bits per heavy atom. The summed E-state index contributed by atoms with van der Waals surface area (Å²) >= 11 is 1.70. The predicted molar refractivity (Wildman–Crippen MR) is 102 cm³/mol. The van der Waals surface area contributed by atoms with Gasteiger partial charge in [0.05, 0.1) is 5.69 Å². The summed E-state index contributed by atoms with van der Waals surface area (Å²) in [5, 5.41) is 5.61. The fourth-order valence-electron chi connectivity index (χ4n) is 3.46. The molecule has 124 valence electrons. The Labute approximate surface area is 149 Å². The lowest BCUT2D eigenvalue weighted by molar-refractivity contribution is -0.674. The number of hydrogen-bond donors (Lipinski definition) is 1. The first-order chi connectivity index (χ1) is 12.3. The van der Waals surface area contributed by atoms with Crippen LogP contribution < -0.4 is 10.1 Å². The van der Waals surface area contributed by atoms with Crippen molar-refractivity contribution in [1.82, 2.24) is 9.78 Å². The third-order valence-corrected chi connectivity index (χ3v) is 5.65. The second-order valence-electron chi connectivity index (χ2n) is 6.53. The zero-order valence-electron chi connectivity index (χ0n) is 13.9. The van der Waals surface area contributed by atoms with Gasteiger partial charge in [0.1, 0.15) is 5.52 Å². The van der Waals surface area contributed by atoms with Crippen molar-refractivity contribution in [3.05, 3.63) is 65.1 Å². The second-order valence-corrected chi connectivity index (χ2v) is 7.41. The van der Waals surface area contributed by atoms with Crippen molar-refractivity contribution < 1.29 is 4.57 Å². The molecule has 1 N–H and O–H groups in total. The first-order valence-corrected chi connectivity index (χ1v) is 9.71. The van der Waals surface area contributed by atoms with Crippen LogP contribution in [0.4, 0.5) is 0 Å². The van der Waals surface area contributed by atoms with E-state index in [0.29, 0.717) is 6.04 Å². The van der Waals surface area contributed by atoms with Gasteiger partial charge in [-0.25, -0.2) is 4.68 Å². The Kier molecular flexibility index (Phi) is 3.25. The summed E-state index contributed by atoms with van der Waals surface area (Å²) in [5.41, 5.74) is 2.58. The number of rotatable bonds is 3. The molecule has 5 rings (SSSR count). The highest BCUT2D eigenvalue weighted by atomic mass is 32.2. The molecule has 2 aromatic carbocycles. The van der Waals surface area contributed by atoms with Gasteiger partial charge in [-0.1, -0.05) is 18.2 Å². The van der Waals surface area contributed by atoms with Gasteiger partial charge in [-0.2, -0.15) is 4.57 Å². The molecule has 1 fully saturated rings. The van der Waals surface area contributed by atoms with Crippen molar-refractivity contribution in [3.63, 3.8) is 0 Å². The van der Waals surface area contributed by atoms with Crippen LogP contribution >= 0.6 is 11.8 Å². The number of nitrogens with one attached hydrogen (secondary N) is 1. The highest BCUT2D eigenvalue weighted by Gasteiger charge is 2.36. The zero-order chi connectivity index (χ0) is 17.0. The largest absolute Gasteiger partial charge is 0.344 e. The number of fused-ring (bicyclic) bond motifs is 3. The van der Waals surface area contributed by atoms with Crippen molar-refractivity contribution in [2.45, 2.75) is 23.8 Å². The maximum absolute atomic E-state index is 13.2. The van der Waals surface area contributed by atoms with Crippen molar-refractivity contribution in [2.24, 2.45) is 0 Å². The lowest BCUT2D eigenvalue weighted by Crippen LogP contribution is -2.36. The molecule has 2 heterocycles. The number of hydrogen-bond acceptors (Lipinski definition) is 2. The lowest BCUT2D eigenvalue weighted by Gasteiger charge is -2.02.